The Balaban J connectivity index is 1.89. The molecule has 0 aromatic rings. The molecule has 2 heterocycles. The van der Waals surface area contributed by atoms with Gasteiger partial charge < -0.3 is 65.1 Å². The Hall–Kier alpha value is -2.57. The summed E-state index contributed by atoms with van der Waals surface area (Å²) >= 11 is 0. The maximum Gasteiger partial charge on any atom is 0.220 e. The zero-order valence-corrected chi connectivity index (χ0v) is 37.3. The molecule has 2 saturated heterocycles. The molecule has 0 saturated carbocycles. The van der Waals surface area contributed by atoms with E-state index in [0.717, 1.165) is 89.9 Å². The molecule has 0 bridgehead atoms. The molecular formula is C48H81NO13. The molecule has 62 heavy (non-hydrogen) atoms. The minimum absolute atomic E-state index is 0.254. The lowest BCUT2D eigenvalue weighted by molar-refractivity contribution is -0.359. The second-order valence-corrected chi connectivity index (χ2v) is 16.1. The molecule has 14 nitrogen and oxygen atoms in total. The third kappa shape index (κ3) is 22.4. The average molecular weight is 880 g/mol. The molecular weight excluding hydrogens is 799 g/mol. The number of rotatable bonds is 33. The fraction of sp³-hybridized carbons (Fsp3) is 0.729. The van der Waals surface area contributed by atoms with Crippen LogP contribution in [0.15, 0.2) is 72.9 Å². The second kappa shape index (κ2) is 34.8. The smallest absolute Gasteiger partial charge is 0.220 e. The van der Waals surface area contributed by atoms with Crippen molar-refractivity contribution >= 4 is 5.91 Å². The standard InChI is InChI=1S/C48H81NO13/c1-3-5-7-9-11-13-15-16-17-18-19-20-22-24-26-28-30-32-40(53)49-36(37(52)31-29-27-25-23-21-14-12-10-8-6-4-2)35-59-47-45(58)43(56)46(39(34-51)61-47)62-48-44(57)42(55)41(54)38(33-50)60-48/h5,7-8,10-11,13,16-17,21,23,29,31,36-39,41-48,50-52,54-58H,3-4,6,9,12,14-15,18-20,22,24-28,30,32-35H2,1-2H3,(H,49,53)/b7-5-,10-8+,13-11-,17-16-,23-21+,31-29+. The van der Waals surface area contributed by atoms with E-state index in [4.69, 9.17) is 18.9 Å². The van der Waals surface area contributed by atoms with E-state index in [1.807, 2.05) is 6.08 Å². The van der Waals surface area contributed by atoms with Gasteiger partial charge in [-0.1, -0.05) is 125 Å². The van der Waals surface area contributed by atoms with Crippen LogP contribution in [0.25, 0.3) is 0 Å². The van der Waals surface area contributed by atoms with Gasteiger partial charge in [0.25, 0.3) is 0 Å². The summed E-state index contributed by atoms with van der Waals surface area (Å²) in [4.78, 5) is 13.1. The minimum atomic E-state index is -1.79. The fourth-order valence-electron chi connectivity index (χ4n) is 7.05. The number of carbonyl (C=O) groups is 1. The van der Waals surface area contributed by atoms with E-state index in [-0.39, 0.29) is 18.9 Å². The van der Waals surface area contributed by atoms with Gasteiger partial charge in [-0.05, 0) is 70.6 Å². The monoisotopic (exact) mass is 880 g/mol. The van der Waals surface area contributed by atoms with E-state index in [0.29, 0.717) is 12.8 Å². The van der Waals surface area contributed by atoms with Gasteiger partial charge in [0.15, 0.2) is 12.6 Å². The van der Waals surface area contributed by atoms with Crippen molar-refractivity contribution in [2.24, 2.45) is 0 Å². The van der Waals surface area contributed by atoms with Crippen LogP contribution in [0, 0.1) is 0 Å². The van der Waals surface area contributed by atoms with Crippen LogP contribution in [-0.2, 0) is 23.7 Å². The van der Waals surface area contributed by atoms with Gasteiger partial charge in [-0.25, -0.2) is 0 Å². The number of aliphatic hydroxyl groups is 8. The summed E-state index contributed by atoms with van der Waals surface area (Å²) < 4.78 is 22.6. The first-order valence-corrected chi connectivity index (χ1v) is 23.2. The Morgan fingerprint density at radius 2 is 1.13 bits per heavy atom. The molecule has 2 aliphatic rings. The van der Waals surface area contributed by atoms with Gasteiger partial charge >= 0.3 is 0 Å². The zero-order chi connectivity index (χ0) is 45.4. The third-order valence-electron chi connectivity index (χ3n) is 10.8. The largest absolute Gasteiger partial charge is 0.394 e. The molecule has 2 aliphatic heterocycles. The Kier molecular flexibility index (Phi) is 31.2. The zero-order valence-electron chi connectivity index (χ0n) is 37.3. The first-order valence-electron chi connectivity index (χ1n) is 23.2. The van der Waals surface area contributed by atoms with Crippen LogP contribution in [0.4, 0.5) is 0 Å². The molecule has 2 rings (SSSR count). The first-order chi connectivity index (χ1) is 30.1. The fourth-order valence-corrected chi connectivity index (χ4v) is 7.05. The van der Waals surface area contributed by atoms with E-state index < -0.39 is 86.8 Å². The summed E-state index contributed by atoms with van der Waals surface area (Å²) in [7, 11) is 0. The number of nitrogens with one attached hydrogen (secondary N) is 1. The van der Waals surface area contributed by atoms with Crippen molar-refractivity contribution in [3.8, 4) is 0 Å². The Morgan fingerprint density at radius 1 is 0.597 bits per heavy atom. The van der Waals surface area contributed by atoms with Gasteiger partial charge in [-0.15, -0.1) is 0 Å². The van der Waals surface area contributed by atoms with Crippen molar-refractivity contribution in [3.63, 3.8) is 0 Å². The molecule has 2 fully saturated rings. The maximum atomic E-state index is 13.1. The number of aliphatic hydroxyl groups excluding tert-OH is 8. The van der Waals surface area contributed by atoms with E-state index in [2.05, 4.69) is 79.9 Å². The number of hydrogen-bond acceptors (Lipinski definition) is 13. The van der Waals surface area contributed by atoms with Crippen LogP contribution in [0.2, 0.25) is 0 Å². The summed E-state index contributed by atoms with van der Waals surface area (Å²) in [6.45, 7) is 2.52. The Labute approximate surface area is 370 Å². The molecule has 0 aromatic carbocycles. The number of carbonyl (C=O) groups excluding carboxylic acids is 1. The molecule has 0 radical (unpaired) electrons. The number of amides is 1. The second-order valence-electron chi connectivity index (χ2n) is 16.1. The van der Waals surface area contributed by atoms with Crippen LogP contribution in [0.3, 0.4) is 0 Å². The van der Waals surface area contributed by atoms with Crippen LogP contribution in [0.1, 0.15) is 129 Å². The highest BCUT2D eigenvalue weighted by molar-refractivity contribution is 5.76. The summed E-state index contributed by atoms with van der Waals surface area (Å²) in [5.41, 5.74) is 0. The van der Waals surface area contributed by atoms with Crippen molar-refractivity contribution in [2.75, 3.05) is 19.8 Å². The molecule has 12 unspecified atom stereocenters. The minimum Gasteiger partial charge on any atom is -0.394 e. The predicted molar refractivity (Wildman–Crippen MR) is 240 cm³/mol. The van der Waals surface area contributed by atoms with Gasteiger partial charge in [-0.2, -0.15) is 0 Å². The van der Waals surface area contributed by atoms with Crippen molar-refractivity contribution < 1.29 is 64.6 Å². The van der Waals surface area contributed by atoms with E-state index in [1.54, 1.807) is 6.08 Å². The summed E-state index contributed by atoms with van der Waals surface area (Å²) in [5.74, 6) is -0.271. The highest BCUT2D eigenvalue weighted by Crippen LogP contribution is 2.30. The van der Waals surface area contributed by atoms with Gasteiger partial charge in [0.2, 0.25) is 5.91 Å². The molecule has 1 amide bonds. The van der Waals surface area contributed by atoms with Gasteiger partial charge in [0, 0.05) is 6.42 Å². The lowest BCUT2D eigenvalue weighted by Gasteiger charge is -2.46. The predicted octanol–water partition coefficient (Wildman–Crippen LogP) is 4.87. The third-order valence-corrected chi connectivity index (χ3v) is 10.8. The summed E-state index contributed by atoms with van der Waals surface area (Å²) in [6.07, 6.45) is 25.3. The van der Waals surface area contributed by atoms with Crippen LogP contribution in [0.5, 0.6) is 0 Å². The normalized spacial score (nSPS) is 28.4. The number of ether oxygens (including phenoxy) is 4. The van der Waals surface area contributed by atoms with Crippen LogP contribution >= 0.6 is 0 Å². The van der Waals surface area contributed by atoms with Crippen molar-refractivity contribution in [3.05, 3.63) is 72.9 Å². The van der Waals surface area contributed by atoms with Crippen LogP contribution in [-0.4, -0.2) is 140 Å². The highest BCUT2D eigenvalue weighted by Gasteiger charge is 2.50. The lowest BCUT2D eigenvalue weighted by atomic mass is 9.97. The highest BCUT2D eigenvalue weighted by atomic mass is 16.7. The molecule has 0 spiro atoms. The van der Waals surface area contributed by atoms with Gasteiger partial charge in [0.1, 0.15) is 48.8 Å². The Bertz CT molecular complexity index is 1320. The van der Waals surface area contributed by atoms with E-state index in [9.17, 15) is 45.6 Å². The first kappa shape index (κ1) is 55.6. The quantitative estimate of drug-likeness (QED) is 0.0317. The van der Waals surface area contributed by atoms with E-state index >= 15 is 0 Å². The summed E-state index contributed by atoms with van der Waals surface area (Å²) in [6, 6.07) is -0.944. The number of hydrogen-bond donors (Lipinski definition) is 9. The number of allylic oxidation sites excluding steroid dienone is 11. The molecule has 356 valence electrons. The molecule has 12 atom stereocenters. The SMILES string of the molecule is CC/C=C\C/C=C\C/C=C\CCCCCCCCCC(=O)NC(COC1OC(CO)C(OC2OC(CO)C(O)C(O)C2O)C(O)C1O)C(O)/C=C/CC/C=C/CC/C=C/CCC. The average Bonchev–Trinajstić information content (AvgIpc) is 3.27. The van der Waals surface area contributed by atoms with E-state index in [1.165, 1.54) is 6.42 Å². The summed E-state index contributed by atoms with van der Waals surface area (Å²) in [5, 5.41) is 86.4. The molecule has 0 aromatic heterocycles. The van der Waals surface area contributed by atoms with Crippen molar-refractivity contribution in [1.29, 1.82) is 0 Å². The maximum absolute atomic E-state index is 13.1. The van der Waals surface area contributed by atoms with Crippen molar-refractivity contribution in [1.82, 2.24) is 5.32 Å². The topological polar surface area (TPSA) is 228 Å². The number of unbranched alkanes of at least 4 members (excludes halogenated alkanes) is 10. The Morgan fingerprint density at radius 3 is 1.76 bits per heavy atom. The van der Waals surface area contributed by atoms with Gasteiger partial charge in [-0.3, -0.25) is 4.79 Å². The molecule has 14 heteroatoms. The lowest BCUT2D eigenvalue weighted by Crippen LogP contribution is -2.65. The van der Waals surface area contributed by atoms with Crippen LogP contribution < -0.4 is 5.32 Å². The van der Waals surface area contributed by atoms with Gasteiger partial charge in [0.05, 0.1) is 32.0 Å². The molecule has 9 N–H and O–H groups in total. The molecule has 0 aliphatic carbocycles. The van der Waals surface area contributed by atoms with Crippen molar-refractivity contribution in [2.45, 2.75) is 203 Å².